The summed E-state index contributed by atoms with van der Waals surface area (Å²) < 4.78 is 0. The fourth-order valence-corrected chi connectivity index (χ4v) is 2.45. The SMILES string of the molecule is CC1(C)CCN(c2nc(O)cs2)CC1. The summed E-state index contributed by atoms with van der Waals surface area (Å²) >= 11 is 1.52. The van der Waals surface area contributed by atoms with Gasteiger partial charge >= 0.3 is 0 Å². The topological polar surface area (TPSA) is 36.4 Å². The number of aromatic nitrogens is 1. The van der Waals surface area contributed by atoms with Crippen LogP contribution in [0.5, 0.6) is 5.88 Å². The van der Waals surface area contributed by atoms with Gasteiger partial charge in [-0.3, -0.25) is 0 Å². The Morgan fingerprint density at radius 2 is 2.07 bits per heavy atom. The Bertz CT molecular complexity index is 312. The second-order valence-corrected chi connectivity index (χ2v) is 5.48. The molecule has 0 amide bonds. The van der Waals surface area contributed by atoms with Gasteiger partial charge in [-0.05, 0) is 18.3 Å². The van der Waals surface area contributed by atoms with Gasteiger partial charge in [0.25, 0.3) is 0 Å². The number of thiazole rings is 1. The zero-order valence-corrected chi connectivity index (χ0v) is 9.47. The minimum Gasteiger partial charge on any atom is -0.493 e. The Balaban J connectivity index is 2.02. The summed E-state index contributed by atoms with van der Waals surface area (Å²) in [5.74, 6) is 0.148. The standard InChI is InChI=1S/C10H16N2OS/c1-10(2)3-5-12(6-4-10)9-11-8(13)7-14-9/h7,13H,3-6H2,1-2H3. The highest BCUT2D eigenvalue weighted by Crippen LogP contribution is 2.33. The van der Waals surface area contributed by atoms with Crippen LogP contribution in [0.4, 0.5) is 5.13 Å². The molecule has 78 valence electrons. The van der Waals surface area contributed by atoms with Crippen molar-refractivity contribution in [3.05, 3.63) is 5.38 Å². The maximum absolute atomic E-state index is 9.16. The Morgan fingerprint density at radius 1 is 1.43 bits per heavy atom. The van der Waals surface area contributed by atoms with Crippen LogP contribution in [0.25, 0.3) is 0 Å². The fraction of sp³-hybridized carbons (Fsp3) is 0.700. The summed E-state index contributed by atoms with van der Waals surface area (Å²) in [4.78, 5) is 6.34. The molecule has 3 nitrogen and oxygen atoms in total. The van der Waals surface area contributed by atoms with E-state index in [0.717, 1.165) is 18.2 Å². The van der Waals surface area contributed by atoms with Gasteiger partial charge in [0.1, 0.15) is 0 Å². The molecule has 1 aromatic heterocycles. The molecule has 4 heteroatoms. The van der Waals surface area contributed by atoms with Gasteiger partial charge in [0, 0.05) is 13.1 Å². The molecule has 0 atom stereocenters. The highest BCUT2D eigenvalue weighted by atomic mass is 32.1. The Morgan fingerprint density at radius 3 is 2.57 bits per heavy atom. The van der Waals surface area contributed by atoms with Crippen LogP contribution in [0, 0.1) is 5.41 Å². The Labute approximate surface area is 88.4 Å². The van der Waals surface area contributed by atoms with Crippen molar-refractivity contribution in [2.45, 2.75) is 26.7 Å². The zero-order valence-electron chi connectivity index (χ0n) is 8.66. The van der Waals surface area contributed by atoms with Crippen molar-refractivity contribution in [2.75, 3.05) is 18.0 Å². The van der Waals surface area contributed by atoms with Gasteiger partial charge < -0.3 is 10.0 Å². The van der Waals surface area contributed by atoms with E-state index in [4.69, 9.17) is 5.11 Å². The molecular weight excluding hydrogens is 196 g/mol. The third-order valence-electron chi connectivity index (χ3n) is 2.87. The fourth-order valence-electron chi connectivity index (χ4n) is 1.70. The van der Waals surface area contributed by atoms with Crippen molar-refractivity contribution in [3.63, 3.8) is 0 Å². The van der Waals surface area contributed by atoms with Gasteiger partial charge in [0.15, 0.2) is 5.13 Å². The third kappa shape index (κ3) is 2.00. The van der Waals surface area contributed by atoms with Crippen LogP contribution >= 0.6 is 11.3 Å². The van der Waals surface area contributed by atoms with E-state index in [2.05, 4.69) is 23.7 Å². The molecular formula is C10H16N2OS. The van der Waals surface area contributed by atoms with E-state index in [0.29, 0.717) is 5.41 Å². The molecule has 1 aliphatic heterocycles. The lowest BCUT2D eigenvalue weighted by atomic mass is 9.83. The largest absolute Gasteiger partial charge is 0.493 e. The Kier molecular flexibility index (Phi) is 2.39. The number of hydrogen-bond acceptors (Lipinski definition) is 4. The molecule has 0 aliphatic carbocycles. The van der Waals surface area contributed by atoms with Crippen LogP contribution < -0.4 is 4.90 Å². The molecule has 1 saturated heterocycles. The first-order valence-electron chi connectivity index (χ1n) is 4.96. The molecule has 0 spiro atoms. The van der Waals surface area contributed by atoms with Gasteiger partial charge in [-0.25, -0.2) is 0 Å². The van der Waals surface area contributed by atoms with Crippen molar-refractivity contribution >= 4 is 16.5 Å². The van der Waals surface area contributed by atoms with E-state index in [1.54, 1.807) is 5.38 Å². The maximum atomic E-state index is 9.16. The average molecular weight is 212 g/mol. The second kappa shape index (κ2) is 3.42. The predicted molar refractivity (Wildman–Crippen MR) is 59.0 cm³/mol. The van der Waals surface area contributed by atoms with E-state index in [9.17, 15) is 0 Å². The summed E-state index contributed by atoms with van der Waals surface area (Å²) in [5, 5.41) is 11.8. The van der Waals surface area contributed by atoms with Crippen LogP contribution in [0.15, 0.2) is 5.38 Å². The first kappa shape index (κ1) is 9.77. The maximum Gasteiger partial charge on any atom is 0.223 e. The highest BCUT2D eigenvalue weighted by Gasteiger charge is 2.26. The molecule has 1 aliphatic rings. The number of hydrogen-bond donors (Lipinski definition) is 1. The van der Waals surface area contributed by atoms with Gasteiger partial charge in [-0.15, -0.1) is 11.3 Å². The zero-order chi connectivity index (χ0) is 10.2. The quantitative estimate of drug-likeness (QED) is 0.777. The third-order valence-corrected chi connectivity index (χ3v) is 3.76. The van der Waals surface area contributed by atoms with E-state index < -0.39 is 0 Å². The van der Waals surface area contributed by atoms with Crippen LogP contribution in [-0.4, -0.2) is 23.2 Å². The van der Waals surface area contributed by atoms with Crippen LogP contribution in [0.1, 0.15) is 26.7 Å². The predicted octanol–water partition coefficient (Wildman–Crippen LogP) is 2.48. The van der Waals surface area contributed by atoms with Crippen LogP contribution in [0.3, 0.4) is 0 Å². The van der Waals surface area contributed by atoms with E-state index in [1.165, 1.54) is 24.2 Å². The van der Waals surface area contributed by atoms with Crippen molar-refractivity contribution in [1.82, 2.24) is 4.98 Å². The first-order chi connectivity index (χ1) is 6.57. The second-order valence-electron chi connectivity index (χ2n) is 4.64. The van der Waals surface area contributed by atoms with Crippen molar-refractivity contribution in [2.24, 2.45) is 5.41 Å². The monoisotopic (exact) mass is 212 g/mol. The number of rotatable bonds is 1. The minimum absolute atomic E-state index is 0.148. The lowest BCUT2D eigenvalue weighted by Crippen LogP contribution is -2.37. The molecule has 1 N–H and O–H groups in total. The summed E-state index contributed by atoms with van der Waals surface area (Å²) in [7, 11) is 0. The summed E-state index contributed by atoms with van der Waals surface area (Å²) in [6.45, 7) is 6.73. The molecule has 2 heterocycles. The number of nitrogens with zero attached hydrogens (tertiary/aromatic N) is 2. The molecule has 0 bridgehead atoms. The van der Waals surface area contributed by atoms with E-state index in [-0.39, 0.29) is 5.88 Å². The number of aromatic hydroxyl groups is 1. The minimum atomic E-state index is 0.148. The van der Waals surface area contributed by atoms with Crippen LogP contribution in [0.2, 0.25) is 0 Å². The summed E-state index contributed by atoms with van der Waals surface area (Å²) in [6, 6.07) is 0. The Hall–Kier alpha value is -0.770. The summed E-state index contributed by atoms with van der Waals surface area (Å²) in [5.41, 5.74) is 0.468. The van der Waals surface area contributed by atoms with Gasteiger partial charge in [0.2, 0.25) is 5.88 Å². The smallest absolute Gasteiger partial charge is 0.223 e. The molecule has 1 aromatic rings. The number of piperidine rings is 1. The molecule has 0 aromatic carbocycles. The normalized spacial score (nSPS) is 21.1. The molecule has 2 rings (SSSR count). The van der Waals surface area contributed by atoms with E-state index >= 15 is 0 Å². The van der Waals surface area contributed by atoms with Gasteiger partial charge in [-0.1, -0.05) is 13.8 Å². The van der Waals surface area contributed by atoms with E-state index in [1.807, 2.05) is 0 Å². The average Bonchev–Trinajstić information content (AvgIpc) is 2.52. The molecule has 14 heavy (non-hydrogen) atoms. The van der Waals surface area contributed by atoms with Gasteiger partial charge in [0.05, 0.1) is 5.38 Å². The van der Waals surface area contributed by atoms with Gasteiger partial charge in [-0.2, -0.15) is 4.98 Å². The highest BCUT2D eigenvalue weighted by molar-refractivity contribution is 7.13. The number of anilines is 1. The summed E-state index contributed by atoms with van der Waals surface area (Å²) in [6.07, 6.45) is 2.40. The van der Waals surface area contributed by atoms with Crippen molar-refractivity contribution < 1.29 is 5.11 Å². The molecule has 0 radical (unpaired) electrons. The van der Waals surface area contributed by atoms with Crippen molar-refractivity contribution in [1.29, 1.82) is 0 Å². The first-order valence-corrected chi connectivity index (χ1v) is 5.84. The molecule has 0 saturated carbocycles. The van der Waals surface area contributed by atoms with Crippen molar-refractivity contribution in [3.8, 4) is 5.88 Å². The molecule has 0 unspecified atom stereocenters. The van der Waals surface area contributed by atoms with Crippen LogP contribution in [-0.2, 0) is 0 Å². The lowest BCUT2D eigenvalue weighted by Gasteiger charge is -2.36. The lowest BCUT2D eigenvalue weighted by molar-refractivity contribution is 0.279. The molecule has 1 fully saturated rings.